The number of ether oxygens (including phenoxy) is 1. The molecule has 0 atom stereocenters. The van der Waals surface area contributed by atoms with Gasteiger partial charge in [0.1, 0.15) is 0 Å². The highest BCUT2D eigenvalue weighted by molar-refractivity contribution is 6.31. The van der Waals surface area contributed by atoms with Gasteiger partial charge in [-0.2, -0.15) is 0 Å². The van der Waals surface area contributed by atoms with Gasteiger partial charge in [-0.1, -0.05) is 55.5 Å². The van der Waals surface area contributed by atoms with Gasteiger partial charge in [0.2, 0.25) is 0 Å². The lowest BCUT2D eigenvalue weighted by atomic mass is 9.94. The van der Waals surface area contributed by atoms with E-state index in [0.717, 1.165) is 23.4 Å². The molecule has 1 fully saturated rings. The van der Waals surface area contributed by atoms with E-state index < -0.39 is 0 Å². The molecule has 2 N–H and O–H groups in total. The first-order chi connectivity index (χ1) is 8.76. The first-order valence-electron chi connectivity index (χ1n) is 6.83. The molecular formula is C15H22ClNO. The third-order valence-corrected chi connectivity index (χ3v) is 4.25. The van der Waals surface area contributed by atoms with Crippen LogP contribution in [0.15, 0.2) is 24.3 Å². The molecule has 0 aliphatic heterocycles. The summed E-state index contributed by atoms with van der Waals surface area (Å²) in [5.41, 5.74) is 6.87. The summed E-state index contributed by atoms with van der Waals surface area (Å²) in [5, 5.41) is 0.776. The SMILES string of the molecule is NCC1(OCc2ccccc2Cl)CCCCCC1. The zero-order chi connectivity index (χ0) is 12.8. The number of benzene rings is 1. The lowest BCUT2D eigenvalue weighted by molar-refractivity contribution is -0.0601. The number of rotatable bonds is 4. The van der Waals surface area contributed by atoms with Crippen molar-refractivity contribution in [1.82, 2.24) is 0 Å². The monoisotopic (exact) mass is 267 g/mol. The van der Waals surface area contributed by atoms with Crippen molar-refractivity contribution in [3.63, 3.8) is 0 Å². The highest BCUT2D eigenvalue weighted by Crippen LogP contribution is 2.31. The Kier molecular flexibility index (Phi) is 5.04. The second kappa shape index (κ2) is 6.55. The Labute approximate surface area is 114 Å². The van der Waals surface area contributed by atoms with Crippen LogP contribution in [0.25, 0.3) is 0 Å². The fraction of sp³-hybridized carbons (Fsp3) is 0.600. The fourth-order valence-corrected chi connectivity index (χ4v) is 2.82. The van der Waals surface area contributed by atoms with Crippen LogP contribution in [-0.4, -0.2) is 12.1 Å². The van der Waals surface area contributed by atoms with E-state index in [1.165, 1.54) is 25.7 Å². The fourth-order valence-electron chi connectivity index (χ4n) is 2.63. The summed E-state index contributed by atoms with van der Waals surface area (Å²) in [6, 6.07) is 7.86. The van der Waals surface area contributed by atoms with E-state index in [0.29, 0.717) is 13.2 Å². The summed E-state index contributed by atoms with van der Waals surface area (Å²) in [4.78, 5) is 0. The summed E-state index contributed by atoms with van der Waals surface area (Å²) in [6.45, 7) is 1.17. The Hall–Kier alpha value is -0.570. The minimum absolute atomic E-state index is 0.129. The molecule has 1 saturated carbocycles. The van der Waals surface area contributed by atoms with E-state index in [-0.39, 0.29) is 5.60 Å². The molecule has 1 aromatic carbocycles. The van der Waals surface area contributed by atoms with Crippen LogP contribution in [0.4, 0.5) is 0 Å². The Bertz CT molecular complexity index is 373. The highest BCUT2D eigenvalue weighted by atomic mass is 35.5. The molecule has 3 heteroatoms. The van der Waals surface area contributed by atoms with Crippen LogP contribution < -0.4 is 5.73 Å². The van der Waals surface area contributed by atoms with Gasteiger partial charge in [-0.25, -0.2) is 0 Å². The van der Waals surface area contributed by atoms with Gasteiger partial charge in [0.25, 0.3) is 0 Å². The summed E-state index contributed by atoms with van der Waals surface area (Å²) < 4.78 is 6.16. The van der Waals surface area contributed by atoms with E-state index in [4.69, 9.17) is 22.1 Å². The smallest absolute Gasteiger partial charge is 0.0808 e. The second-order valence-corrected chi connectivity index (χ2v) is 5.59. The predicted molar refractivity (Wildman–Crippen MR) is 75.7 cm³/mol. The van der Waals surface area contributed by atoms with E-state index in [1.54, 1.807) is 0 Å². The van der Waals surface area contributed by atoms with Crippen LogP contribution in [0.5, 0.6) is 0 Å². The Balaban J connectivity index is 2.00. The Morgan fingerprint density at radius 1 is 1.11 bits per heavy atom. The van der Waals surface area contributed by atoms with Crippen LogP contribution in [0, 0.1) is 0 Å². The van der Waals surface area contributed by atoms with Gasteiger partial charge in [-0.15, -0.1) is 0 Å². The van der Waals surface area contributed by atoms with Gasteiger partial charge in [0.15, 0.2) is 0 Å². The zero-order valence-electron chi connectivity index (χ0n) is 10.8. The van der Waals surface area contributed by atoms with Crippen molar-refractivity contribution >= 4 is 11.6 Å². The number of nitrogens with two attached hydrogens (primary N) is 1. The molecule has 0 unspecified atom stereocenters. The third-order valence-electron chi connectivity index (χ3n) is 3.88. The molecule has 100 valence electrons. The van der Waals surface area contributed by atoms with Gasteiger partial charge in [-0.05, 0) is 24.5 Å². The molecule has 0 aromatic heterocycles. The van der Waals surface area contributed by atoms with Crippen LogP contribution >= 0.6 is 11.6 Å². The molecule has 0 heterocycles. The lowest BCUT2D eigenvalue weighted by Gasteiger charge is -2.31. The first-order valence-corrected chi connectivity index (χ1v) is 7.21. The van der Waals surface area contributed by atoms with Gasteiger partial charge in [-0.3, -0.25) is 0 Å². The quantitative estimate of drug-likeness (QED) is 0.840. The van der Waals surface area contributed by atoms with Gasteiger partial charge >= 0.3 is 0 Å². The van der Waals surface area contributed by atoms with Gasteiger partial charge in [0, 0.05) is 11.6 Å². The van der Waals surface area contributed by atoms with Gasteiger partial charge in [0.05, 0.1) is 12.2 Å². The molecule has 1 aromatic rings. The lowest BCUT2D eigenvalue weighted by Crippen LogP contribution is -2.40. The second-order valence-electron chi connectivity index (χ2n) is 5.18. The molecule has 0 saturated heterocycles. The van der Waals surface area contributed by atoms with Crippen molar-refractivity contribution in [1.29, 1.82) is 0 Å². The molecular weight excluding hydrogens is 246 g/mol. The molecule has 18 heavy (non-hydrogen) atoms. The molecule has 2 nitrogen and oxygen atoms in total. The topological polar surface area (TPSA) is 35.2 Å². The number of halogens is 1. The van der Waals surface area contributed by atoms with Crippen LogP contribution in [-0.2, 0) is 11.3 Å². The highest BCUT2D eigenvalue weighted by Gasteiger charge is 2.30. The summed E-state index contributed by atoms with van der Waals surface area (Å²) >= 11 is 6.15. The van der Waals surface area contributed by atoms with Crippen molar-refractivity contribution in [3.05, 3.63) is 34.9 Å². The molecule has 0 radical (unpaired) electrons. The molecule has 0 bridgehead atoms. The summed E-state index contributed by atoms with van der Waals surface area (Å²) in [5.74, 6) is 0. The molecule has 1 aliphatic carbocycles. The maximum atomic E-state index is 6.16. The minimum atomic E-state index is -0.129. The molecule has 1 aliphatic rings. The van der Waals surface area contributed by atoms with Crippen molar-refractivity contribution in [3.8, 4) is 0 Å². The minimum Gasteiger partial charge on any atom is -0.369 e. The van der Waals surface area contributed by atoms with Crippen LogP contribution in [0.2, 0.25) is 5.02 Å². The van der Waals surface area contributed by atoms with E-state index in [9.17, 15) is 0 Å². The Morgan fingerprint density at radius 2 is 1.78 bits per heavy atom. The van der Waals surface area contributed by atoms with Crippen LogP contribution in [0.1, 0.15) is 44.1 Å². The van der Waals surface area contributed by atoms with E-state index in [2.05, 4.69) is 0 Å². The van der Waals surface area contributed by atoms with Gasteiger partial charge < -0.3 is 10.5 Å². The third kappa shape index (κ3) is 3.47. The first kappa shape index (κ1) is 13.9. The molecule has 0 amide bonds. The normalized spacial score (nSPS) is 19.4. The van der Waals surface area contributed by atoms with Crippen molar-refractivity contribution in [2.45, 2.75) is 50.7 Å². The molecule has 0 spiro atoms. The largest absolute Gasteiger partial charge is 0.369 e. The predicted octanol–water partition coefficient (Wildman–Crippen LogP) is 3.91. The average molecular weight is 268 g/mol. The van der Waals surface area contributed by atoms with Crippen LogP contribution in [0.3, 0.4) is 0 Å². The maximum Gasteiger partial charge on any atom is 0.0808 e. The number of hydrogen-bond donors (Lipinski definition) is 1. The van der Waals surface area contributed by atoms with Crippen molar-refractivity contribution in [2.24, 2.45) is 5.73 Å². The summed E-state index contributed by atoms with van der Waals surface area (Å²) in [6.07, 6.45) is 7.20. The maximum absolute atomic E-state index is 6.16. The zero-order valence-corrected chi connectivity index (χ0v) is 11.6. The summed E-state index contributed by atoms with van der Waals surface area (Å²) in [7, 11) is 0. The average Bonchev–Trinajstić information content (AvgIpc) is 2.64. The Morgan fingerprint density at radius 3 is 2.39 bits per heavy atom. The standard InChI is InChI=1S/C15H22ClNO/c16-14-8-4-3-7-13(14)11-18-15(12-17)9-5-1-2-6-10-15/h3-4,7-8H,1-2,5-6,9-12,17H2. The van der Waals surface area contributed by atoms with Crippen molar-refractivity contribution < 1.29 is 4.74 Å². The van der Waals surface area contributed by atoms with E-state index >= 15 is 0 Å². The molecule has 2 rings (SSSR count). The van der Waals surface area contributed by atoms with E-state index in [1.807, 2.05) is 24.3 Å². The number of hydrogen-bond acceptors (Lipinski definition) is 2. The van der Waals surface area contributed by atoms with Crippen molar-refractivity contribution in [2.75, 3.05) is 6.54 Å².